The van der Waals surface area contributed by atoms with Gasteiger partial charge in [-0.3, -0.25) is 0 Å². The molecule has 1 aromatic rings. The lowest BCUT2D eigenvalue weighted by atomic mass is 10.1. The van der Waals surface area contributed by atoms with Crippen molar-refractivity contribution in [2.45, 2.75) is 78.2 Å². The van der Waals surface area contributed by atoms with Crippen LogP contribution in [0.2, 0.25) is 0 Å². The Hall–Kier alpha value is -1.32. The van der Waals surface area contributed by atoms with Gasteiger partial charge < -0.3 is 9.64 Å². The highest BCUT2D eigenvalue weighted by atomic mass is 35.5. The quantitative estimate of drug-likeness (QED) is 0.203. The number of benzene rings is 1. The Labute approximate surface area is 180 Å². The van der Waals surface area contributed by atoms with E-state index in [1.807, 2.05) is 6.07 Å². The van der Waals surface area contributed by atoms with Gasteiger partial charge >= 0.3 is 5.97 Å². The average molecular weight is 412 g/mol. The second-order valence-electron chi connectivity index (χ2n) is 7.47. The van der Waals surface area contributed by atoms with Crippen LogP contribution in [0.25, 0.3) is 0 Å². The maximum Gasteiger partial charge on any atom is 0.333 e. The van der Waals surface area contributed by atoms with Gasteiger partial charge in [-0.05, 0) is 33.0 Å². The summed E-state index contributed by atoms with van der Waals surface area (Å²) < 4.78 is 5.02. The first-order chi connectivity index (χ1) is 13.0. The smallest absolute Gasteiger partial charge is 0.333 e. The predicted molar refractivity (Wildman–Crippen MR) is 124 cm³/mol. The van der Waals surface area contributed by atoms with Crippen LogP contribution in [-0.4, -0.2) is 31.6 Å². The van der Waals surface area contributed by atoms with Crippen LogP contribution >= 0.6 is 12.4 Å². The van der Waals surface area contributed by atoms with Crippen molar-refractivity contribution < 1.29 is 9.53 Å². The molecule has 0 aliphatic rings. The summed E-state index contributed by atoms with van der Waals surface area (Å²) >= 11 is 0. The van der Waals surface area contributed by atoms with Crippen molar-refractivity contribution in [3.8, 4) is 0 Å². The lowest BCUT2D eigenvalue weighted by Gasteiger charge is -2.08. The van der Waals surface area contributed by atoms with E-state index in [-0.39, 0.29) is 18.4 Å². The number of halogens is 1. The van der Waals surface area contributed by atoms with Gasteiger partial charge in [0.05, 0.1) is 6.61 Å². The van der Waals surface area contributed by atoms with Gasteiger partial charge in [0.15, 0.2) is 0 Å². The van der Waals surface area contributed by atoms with Crippen LogP contribution in [0, 0.1) is 0 Å². The molecule has 1 aromatic carbocycles. The number of carbonyl (C=O) groups is 1. The summed E-state index contributed by atoms with van der Waals surface area (Å²) in [6.07, 6.45) is 11.5. The Balaban J connectivity index is 0. The van der Waals surface area contributed by atoms with E-state index in [1.54, 1.807) is 6.92 Å². The molecule has 0 saturated heterocycles. The standard InChI is InChI=1S/C15H28O2.C9H13N.ClH/c1-4-5-6-7-8-9-10-11-12-13-17-15(16)14(2)3;1-10(2)8-9-6-4-3-5-7-9;/h2,4-13H2,1,3H3;3-7H,8H2,1-2H3;1H. The zero-order valence-electron chi connectivity index (χ0n) is 18.5. The molecule has 1 rings (SSSR count). The summed E-state index contributed by atoms with van der Waals surface area (Å²) in [6, 6.07) is 10.5. The Morgan fingerprint density at radius 2 is 1.43 bits per heavy atom. The van der Waals surface area contributed by atoms with E-state index < -0.39 is 0 Å². The SMILES string of the molecule is C=C(C)C(=O)OCCCCCCCCCCC.CN(C)Cc1ccccc1.Cl. The first-order valence-corrected chi connectivity index (χ1v) is 10.5. The lowest BCUT2D eigenvalue weighted by Crippen LogP contribution is -2.10. The van der Waals surface area contributed by atoms with Crippen LogP contribution in [-0.2, 0) is 16.1 Å². The molecule has 162 valence electrons. The topological polar surface area (TPSA) is 29.5 Å². The van der Waals surface area contributed by atoms with Crippen LogP contribution in [0.15, 0.2) is 42.5 Å². The molecule has 0 radical (unpaired) electrons. The van der Waals surface area contributed by atoms with Crippen molar-refractivity contribution in [3.63, 3.8) is 0 Å². The molecule has 0 atom stereocenters. The monoisotopic (exact) mass is 411 g/mol. The molecule has 0 unspecified atom stereocenters. The molecule has 28 heavy (non-hydrogen) atoms. The first kappa shape index (κ1) is 28.9. The van der Waals surface area contributed by atoms with Gasteiger partial charge in [-0.1, -0.05) is 95.2 Å². The van der Waals surface area contributed by atoms with Crippen molar-refractivity contribution in [3.05, 3.63) is 48.0 Å². The van der Waals surface area contributed by atoms with E-state index in [0.29, 0.717) is 12.2 Å². The molecule has 0 saturated carbocycles. The number of rotatable bonds is 13. The van der Waals surface area contributed by atoms with Crippen molar-refractivity contribution >= 4 is 18.4 Å². The van der Waals surface area contributed by atoms with Crippen molar-refractivity contribution in [2.75, 3.05) is 20.7 Å². The van der Waals surface area contributed by atoms with Crippen molar-refractivity contribution in [2.24, 2.45) is 0 Å². The van der Waals surface area contributed by atoms with Gasteiger partial charge in [0.2, 0.25) is 0 Å². The van der Waals surface area contributed by atoms with E-state index in [1.165, 1.54) is 50.5 Å². The Morgan fingerprint density at radius 3 is 1.89 bits per heavy atom. The summed E-state index contributed by atoms with van der Waals surface area (Å²) in [4.78, 5) is 13.2. The molecule has 0 spiro atoms. The van der Waals surface area contributed by atoms with Crippen molar-refractivity contribution in [1.82, 2.24) is 4.90 Å². The van der Waals surface area contributed by atoms with Gasteiger partial charge in [-0.25, -0.2) is 4.79 Å². The number of esters is 1. The van der Waals surface area contributed by atoms with Gasteiger partial charge in [0.25, 0.3) is 0 Å². The number of hydrogen-bond acceptors (Lipinski definition) is 3. The third-order valence-corrected chi connectivity index (χ3v) is 4.17. The molecular formula is C24H42ClNO2. The van der Waals surface area contributed by atoms with E-state index in [2.05, 4.69) is 56.8 Å². The maximum absolute atomic E-state index is 11.1. The first-order valence-electron chi connectivity index (χ1n) is 10.5. The molecule has 0 fully saturated rings. The number of carbonyl (C=O) groups excluding carboxylic acids is 1. The summed E-state index contributed by atoms with van der Waals surface area (Å²) in [5.74, 6) is -0.260. The minimum atomic E-state index is -0.260. The van der Waals surface area contributed by atoms with Gasteiger partial charge in [0, 0.05) is 12.1 Å². The van der Waals surface area contributed by atoms with E-state index in [9.17, 15) is 4.79 Å². The lowest BCUT2D eigenvalue weighted by molar-refractivity contribution is -0.139. The molecule has 0 N–H and O–H groups in total. The van der Waals surface area contributed by atoms with Crippen LogP contribution in [0.5, 0.6) is 0 Å². The van der Waals surface area contributed by atoms with Gasteiger partial charge in [0.1, 0.15) is 0 Å². The number of ether oxygens (including phenoxy) is 1. The summed E-state index contributed by atoms with van der Waals surface area (Å²) in [6.45, 7) is 9.04. The maximum atomic E-state index is 11.1. The molecule has 0 aliphatic heterocycles. The predicted octanol–water partition coefficient (Wildman–Crippen LogP) is 6.81. The molecule has 3 nitrogen and oxygen atoms in total. The Bertz CT molecular complexity index is 489. The molecule has 0 aliphatic carbocycles. The highest BCUT2D eigenvalue weighted by molar-refractivity contribution is 5.86. The molecule has 0 aromatic heterocycles. The summed E-state index contributed by atoms with van der Waals surface area (Å²) in [5.41, 5.74) is 1.86. The third-order valence-electron chi connectivity index (χ3n) is 4.17. The fourth-order valence-corrected chi connectivity index (χ4v) is 2.65. The zero-order valence-corrected chi connectivity index (χ0v) is 19.4. The van der Waals surface area contributed by atoms with E-state index in [4.69, 9.17) is 4.74 Å². The Morgan fingerprint density at radius 1 is 0.929 bits per heavy atom. The fraction of sp³-hybridized carbons (Fsp3) is 0.625. The van der Waals surface area contributed by atoms with Gasteiger partial charge in [-0.15, -0.1) is 12.4 Å². The minimum absolute atomic E-state index is 0. The summed E-state index contributed by atoms with van der Waals surface area (Å²) in [7, 11) is 4.15. The number of nitrogens with zero attached hydrogens (tertiary/aromatic N) is 1. The molecule has 0 heterocycles. The molecule has 0 bridgehead atoms. The van der Waals surface area contributed by atoms with Crippen LogP contribution < -0.4 is 0 Å². The van der Waals surface area contributed by atoms with Crippen molar-refractivity contribution in [1.29, 1.82) is 0 Å². The molecule has 0 amide bonds. The number of unbranched alkanes of at least 4 members (excludes halogenated alkanes) is 8. The molecular weight excluding hydrogens is 370 g/mol. The highest BCUT2D eigenvalue weighted by Crippen LogP contribution is 2.09. The van der Waals surface area contributed by atoms with Crippen LogP contribution in [0.4, 0.5) is 0 Å². The second-order valence-corrected chi connectivity index (χ2v) is 7.47. The second kappa shape index (κ2) is 20.4. The van der Waals surface area contributed by atoms with Crippen LogP contribution in [0.3, 0.4) is 0 Å². The molecule has 4 heteroatoms. The minimum Gasteiger partial charge on any atom is -0.462 e. The average Bonchev–Trinajstić information content (AvgIpc) is 2.64. The van der Waals surface area contributed by atoms with E-state index in [0.717, 1.165) is 19.4 Å². The van der Waals surface area contributed by atoms with Crippen LogP contribution in [0.1, 0.15) is 77.2 Å². The highest BCUT2D eigenvalue weighted by Gasteiger charge is 2.01. The van der Waals surface area contributed by atoms with Gasteiger partial charge in [-0.2, -0.15) is 0 Å². The Kier molecular flexibility index (Phi) is 21.1. The van der Waals surface area contributed by atoms with E-state index >= 15 is 0 Å². The largest absolute Gasteiger partial charge is 0.462 e. The third kappa shape index (κ3) is 19.4. The summed E-state index contributed by atoms with van der Waals surface area (Å²) in [5, 5.41) is 0. The zero-order chi connectivity index (χ0) is 20.3. The normalized spacial score (nSPS) is 9.89. The number of hydrogen-bond donors (Lipinski definition) is 0. The fourth-order valence-electron chi connectivity index (χ4n) is 2.65.